The molecule has 1 amide bonds. The van der Waals surface area contributed by atoms with Gasteiger partial charge in [-0.3, -0.25) is 9.78 Å². The molecule has 0 radical (unpaired) electrons. The zero-order valence-electron chi connectivity index (χ0n) is 17.9. The first-order chi connectivity index (χ1) is 13.2. The van der Waals surface area contributed by atoms with Gasteiger partial charge in [-0.2, -0.15) is 0 Å². The van der Waals surface area contributed by atoms with E-state index in [1.54, 1.807) is 0 Å². The van der Waals surface area contributed by atoms with Gasteiger partial charge in [0.2, 0.25) is 5.91 Å². The molecule has 1 aromatic heterocycles. The number of aryl methyl sites for hydroxylation is 3. The number of hydrogen-bond acceptors (Lipinski definition) is 3. The van der Waals surface area contributed by atoms with Crippen LogP contribution in [-0.2, 0) is 11.2 Å². The molecule has 0 fully saturated rings. The molecule has 2 aromatic rings. The largest absolute Gasteiger partial charge is 0.341 e. The summed E-state index contributed by atoms with van der Waals surface area (Å²) in [7, 11) is 0. The lowest BCUT2D eigenvalue weighted by molar-refractivity contribution is -0.117. The number of hydrogen-bond donors (Lipinski definition) is 1. The second-order valence-electron chi connectivity index (χ2n) is 9.21. The average Bonchev–Trinajstić information content (AvgIpc) is 2.57. The Morgan fingerprint density at radius 2 is 1.86 bits per heavy atom. The summed E-state index contributed by atoms with van der Waals surface area (Å²) >= 11 is 0. The average molecular weight is 380 g/mol. The molecular weight excluding hydrogens is 346 g/mol. The van der Waals surface area contributed by atoms with Gasteiger partial charge in [-0.05, 0) is 73.4 Å². The lowest BCUT2D eigenvalue weighted by atomic mass is 9.92. The molecule has 0 bridgehead atoms. The first-order valence-electron chi connectivity index (χ1n) is 10.4. The van der Waals surface area contributed by atoms with E-state index < -0.39 is 0 Å². The van der Waals surface area contributed by atoms with E-state index >= 15 is 0 Å². The Morgan fingerprint density at radius 1 is 1.14 bits per heavy atom. The molecule has 0 saturated carbocycles. The van der Waals surface area contributed by atoms with E-state index in [1.165, 1.54) is 36.2 Å². The van der Waals surface area contributed by atoms with Gasteiger partial charge in [0.05, 0.1) is 0 Å². The van der Waals surface area contributed by atoms with Crippen LogP contribution in [0, 0.1) is 19.3 Å². The normalized spacial score (nSPS) is 14.8. The third-order valence-electron chi connectivity index (χ3n) is 5.28. The summed E-state index contributed by atoms with van der Waals surface area (Å²) in [5, 5.41) is 3.14. The predicted molar refractivity (Wildman–Crippen MR) is 117 cm³/mol. The third-order valence-corrected chi connectivity index (χ3v) is 5.28. The van der Waals surface area contributed by atoms with Crippen molar-refractivity contribution < 1.29 is 4.79 Å². The molecular formula is C24H33N3O. The van der Waals surface area contributed by atoms with Crippen molar-refractivity contribution in [1.82, 2.24) is 4.98 Å². The molecule has 1 N–H and O–H groups in total. The van der Waals surface area contributed by atoms with Crippen molar-refractivity contribution in [3.63, 3.8) is 0 Å². The van der Waals surface area contributed by atoms with E-state index in [1.807, 2.05) is 12.4 Å². The highest BCUT2D eigenvalue weighted by atomic mass is 16.1. The summed E-state index contributed by atoms with van der Waals surface area (Å²) in [6.07, 6.45) is 9.14. The van der Waals surface area contributed by atoms with Crippen molar-refractivity contribution in [2.75, 3.05) is 16.8 Å². The van der Waals surface area contributed by atoms with Gasteiger partial charge in [-0.1, -0.05) is 27.2 Å². The number of fused-ring (bicyclic) bond motifs is 1. The summed E-state index contributed by atoms with van der Waals surface area (Å²) in [5.74, 6) is 0.0779. The molecule has 1 aliphatic heterocycles. The number of carbonyl (C=O) groups is 1. The van der Waals surface area contributed by atoms with Crippen LogP contribution in [0.2, 0.25) is 0 Å². The number of pyridine rings is 1. The number of rotatable bonds is 3. The standard InChI is InChI=1S/C24H33N3O/c1-17-13-20(14-18(2)23(17)26-22(28)15-24(3,4)5)27-12-8-6-7-9-19-16-25-11-10-21(19)27/h10-11,13-14,16H,6-9,12,15H2,1-5H3,(H,26,28). The summed E-state index contributed by atoms with van der Waals surface area (Å²) in [6, 6.07) is 6.53. The zero-order chi connectivity index (χ0) is 20.3. The molecule has 0 spiro atoms. The quantitative estimate of drug-likeness (QED) is 0.718. The number of carbonyl (C=O) groups excluding carboxylic acids is 1. The van der Waals surface area contributed by atoms with Crippen LogP contribution in [0.1, 0.15) is 63.1 Å². The summed E-state index contributed by atoms with van der Waals surface area (Å²) in [5.41, 5.74) is 6.91. The molecule has 28 heavy (non-hydrogen) atoms. The van der Waals surface area contributed by atoms with Gasteiger partial charge in [0.25, 0.3) is 0 Å². The summed E-state index contributed by atoms with van der Waals surface area (Å²) < 4.78 is 0. The van der Waals surface area contributed by atoms with Crippen LogP contribution < -0.4 is 10.2 Å². The Kier molecular flexibility index (Phi) is 6.07. The maximum absolute atomic E-state index is 12.4. The maximum atomic E-state index is 12.4. The Balaban J connectivity index is 1.91. The van der Waals surface area contributed by atoms with E-state index in [-0.39, 0.29) is 11.3 Å². The molecule has 0 atom stereocenters. The molecule has 0 saturated heterocycles. The van der Waals surface area contributed by atoms with Crippen molar-refractivity contribution in [3.05, 3.63) is 47.3 Å². The first kappa shape index (κ1) is 20.4. The smallest absolute Gasteiger partial charge is 0.224 e. The summed E-state index contributed by atoms with van der Waals surface area (Å²) in [4.78, 5) is 19.2. The highest BCUT2D eigenvalue weighted by molar-refractivity contribution is 5.93. The van der Waals surface area contributed by atoms with Crippen LogP contribution in [-0.4, -0.2) is 17.4 Å². The number of nitrogens with zero attached hydrogens (tertiary/aromatic N) is 2. The number of benzene rings is 1. The van der Waals surface area contributed by atoms with E-state index in [0.29, 0.717) is 6.42 Å². The number of anilines is 3. The molecule has 2 heterocycles. The van der Waals surface area contributed by atoms with Gasteiger partial charge in [0.1, 0.15) is 0 Å². The molecule has 1 aliphatic rings. The molecule has 3 rings (SSSR count). The van der Waals surface area contributed by atoms with Gasteiger partial charge >= 0.3 is 0 Å². The fraction of sp³-hybridized carbons (Fsp3) is 0.500. The van der Waals surface area contributed by atoms with Crippen molar-refractivity contribution in [2.24, 2.45) is 5.41 Å². The van der Waals surface area contributed by atoms with Gasteiger partial charge in [0, 0.05) is 42.4 Å². The molecule has 0 unspecified atom stereocenters. The number of aromatic nitrogens is 1. The molecule has 1 aromatic carbocycles. The van der Waals surface area contributed by atoms with Crippen LogP contribution in [0.4, 0.5) is 17.1 Å². The van der Waals surface area contributed by atoms with Gasteiger partial charge in [-0.25, -0.2) is 0 Å². The SMILES string of the molecule is Cc1cc(N2CCCCCc3cnccc32)cc(C)c1NC(=O)CC(C)(C)C. The highest BCUT2D eigenvalue weighted by Crippen LogP contribution is 2.35. The van der Waals surface area contributed by atoms with Crippen molar-refractivity contribution in [3.8, 4) is 0 Å². The minimum Gasteiger partial charge on any atom is -0.341 e. The summed E-state index contributed by atoms with van der Waals surface area (Å²) in [6.45, 7) is 11.4. The lowest BCUT2D eigenvalue weighted by Crippen LogP contribution is -2.23. The monoisotopic (exact) mass is 379 g/mol. The van der Waals surface area contributed by atoms with E-state index in [4.69, 9.17) is 0 Å². The Labute approximate surface area is 169 Å². The van der Waals surface area contributed by atoms with Crippen molar-refractivity contribution >= 4 is 23.0 Å². The molecule has 0 aliphatic carbocycles. The molecule has 4 nitrogen and oxygen atoms in total. The maximum Gasteiger partial charge on any atom is 0.224 e. The Bertz CT molecular complexity index is 828. The molecule has 150 valence electrons. The molecule has 4 heteroatoms. The topological polar surface area (TPSA) is 45.2 Å². The minimum atomic E-state index is -0.0197. The van der Waals surface area contributed by atoms with Gasteiger partial charge in [-0.15, -0.1) is 0 Å². The Morgan fingerprint density at radius 3 is 2.54 bits per heavy atom. The number of nitrogens with one attached hydrogen (secondary N) is 1. The minimum absolute atomic E-state index is 0.0197. The van der Waals surface area contributed by atoms with E-state index in [0.717, 1.165) is 29.8 Å². The van der Waals surface area contributed by atoms with E-state index in [2.05, 4.69) is 68.0 Å². The van der Waals surface area contributed by atoms with E-state index in [9.17, 15) is 4.79 Å². The second kappa shape index (κ2) is 8.34. The zero-order valence-corrected chi connectivity index (χ0v) is 17.9. The highest BCUT2D eigenvalue weighted by Gasteiger charge is 2.20. The fourth-order valence-electron chi connectivity index (χ4n) is 3.99. The first-order valence-corrected chi connectivity index (χ1v) is 10.4. The second-order valence-corrected chi connectivity index (χ2v) is 9.21. The fourth-order valence-corrected chi connectivity index (χ4v) is 3.99. The Hall–Kier alpha value is -2.36. The van der Waals surface area contributed by atoms with Crippen LogP contribution in [0.5, 0.6) is 0 Å². The van der Waals surface area contributed by atoms with Crippen LogP contribution in [0.25, 0.3) is 0 Å². The van der Waals surface area contributed by atoms with Crippen LogP contribution in [0.3, 0.4) is 0 Å². The third kappa shape index (κ3) is 4.92. The van der Waals surface area contributed by atoms with Crippen LogP contribution >= 0.6 is 0 Å². The number of amides is 1. The van der Waals surface area contributed by atoms with Gasteiger partial charge in [0.15, 0.2) is 0 Å². The van der Waals surface area contributed by atoms with Crippen molar-refractivity contribution in [2.45, 2.75) is 66.7 Å². The van der Waals surface area contributed by atoms with Gasteiger partial charge < -0.3 is 10.2 Å². The predicted octanol–water partition coefficient (Wildman–Crippen LogP) is 5.94. The van der Waals surface area contributed by atoms with Crippen molar-refractivity contribution in [1.29, 1.82) is 0 Å². The van der Waals surface area contributed by atoms with Crippen LogP contribution in [0.15, 0.2) is 30.6 Å². The lowest BCUT2D eigenvalue weighted by Gasteiger charge is -2.30.